The fourth-order valence-corrected chi connectivity index (χ4v) is 2.33. The van der Waals surface area contributed by atoms with Gasteiger partial charge in [0, 0.05) is 13.0 Å². The standard InChI is InChI=1S/C13H16N3.HI/c1-4-15-10(3)16(5-2)13-8-11(9-14)6-7-12(13)15;/h6-8H,4-5H2,1-3H3;1H/q+1;/p-1. The number of imidazole rings is 1. The summed E-state index contributed by atoms with van der Waals surface area (Å²) in [4.78, 5) is 0. The van der Waals surface area contributed by atoms with E-state index in [4.69, 9.17) is 5.26 Å². The van der Waals surface area contributed by atoms with Gasteiger partial charge in [0.15, 0.2) is 11.0 Å². The van der Waals surface area contributed by atoms with Crippen LogP contribution in [-0.4, -0.2) is 4.57 Å². The third-order valence-corrected chi connectivity index (χ3v) is 3.10. The van der Waals surface area contributed by atoms with Crippen LogP contribution in [0, 0.1) is 18.3 Å². The average Bonchev–Trinajstić information content (AvgIpc) is 2.59. The van der Waals surface area contributed by atoms with Crippen molar-refractivity contribution in [1.29, 1.82) is 5.26 Å². The number of nitrogens with zero attached hydrogens (tertiary/aromatic N) is 3. The second-order valence-corrected chi connectivity index (χ2v) is 3.85. The van der Waals surface area contributed by atoms with E-state index in [1.807, 2.05) is 18.2 Å². The molecule has 0 aliphatic heterocycles. The minimum atomic E-state index is 0. The van der Waals surface area contributed by atoms with Crippen LogP contribution in [0.2, 0.25) is 0 Å². The molecular formula is C13H16IN3. The number of benzene rings is 1. The summed E-state index contributed by atoms with van der Waals surface area (Å²) < 4.78 is 4.53. The number of rotatable bonds is 2. The van der Waals surface area contributed by atoms with Crippen molar-refractivity contribution >= 4 is 11.0 Å². The van der Waals surface area contributed by atoms with E-state index < -0.39 is 0 Å². The highest BCUT2D eigenvalue weighted by Crippen LogP contribution is 2.16. The first-order valence-corrected chi connectivity index (χ1v) is 5.65. The highest BCUT2D eigenvalue weighted by molar-refractivity contribution is 5.74. The summed E-state index contributed by atoms with van der Waals surface area (Å²) in [6.45, 7) is 8.29. The Morgan fingerprint density at radius 2 is 2.06 bits per heavy atom. The Bertz CT molecular complexity index is 578. The van der Waals surface area contributed by atoms with Gasteiger partial charge in [-0.15, -0.1) is 0 Å². The number of hydrogen-bond acceptors (Lipinski definition) is 1. The molecule has 2 rings (SSSR count). The lowest BCUT2D eigenvalue weighted by molar-refractivity contribution is -0.674. The minimum absolute atomic E-state index is 0. The average molecular weight is 341 g/mol. The van der Waals surface area contributed by atoms with Gasteiger partial charge >= 0.3 is 0 Å². The van der Waals surface area contributed by atoms with Gasteiger partial charge in [-0.05, 0) is 26.0 Å². The zero-order valence-corrected chi connectivity index (χ0v) is 12.5. The van der Waals surface area contributed by atoms with Crippen LogP contribution in [0.15, 0.2) is 18.2 Å². The van der Waals surface area contributed by atoms with Gasteiger partial charge in [0.2, 0.25) is 0 Å². The SMILES string of the molecule is CCn1c(C)[n+](CC)c2ccc(C#N)cc21.[I-]. The lowest BCUT2D eigenvalue weighted by Gasteiger charge is -1.94. The van der Waals surface area contributed by atoms with Crippen molar-refractivity contribution in [1.82, 2.24) is 4.57 Å². The van der Waals surface area contributed by atoms with Crippen LogP contribution < -0.4 is 28.5 Å². The van der Waals surface area contributed by atoms with Crippen molar-refractivity contribution in [2.75, 3.05) is 0 Å². The zero-order chi connectivity index (χ0) is 11.7. The van der Waals surface area contributed by atoms with Crippen LogP contribution in [0.25, 0.3) is 11.0 Å². The maximum absolute atomic E-state index is 8.93. The van der Waals surface area contributed by atoms with E-state index in [0.717, 1.165) is 24.2 Å². The smallest absolute Gasteiger partial charge is 0.254 e. The first-order valence-electron chi connectivity index (χ1n) is 5.65. The number of fused-ring (bicyclic) bond motifs is 1. The monoisotopic (exact) mass is 341 g/mol. The van der Waals surface area contributed by atoms with Crippen molar-refractivity contribution in [2.24, 2.45) is 0 Å². The van der Waals surface area contributed by atoms with Crippen molar-refractivity contribution in [2.45, 2.75) is 33.9 Å². The van der Waals surface area contributed by atoms with Gasteiger partial charge in [0.1, 0.15) is 0 Å². The number of hydrogen-bond donors (Lipinski definition) is 0. The Morgan fingerprint density at radius 3 is 2.59 bits per heavy atom. The van der Waals surface area contributed by atoms with Crippen LogP contribution in [0.1, 0.15) is 25.2 Å². The predicted molar refractivity (Wildman–Crippen MR) is 62.9 cm³/mol. The van der Waals surface area contributed by atoms with Crippen molar-refractivity contribution in [3.8, 4) is 6.07 Å². The largest absolute Gasteiger partial charge is 1.00 e. The molecule has 1 aromatic carbocycles. The van der Waals surface area contributed by atoms with Gasteiger partial charge in [-0.3, -0.25) is 0 Å². The molecule has 0 fully saturated rings. The zero-order valence-electron chi connectivity index (χ0n) is 10.4. The summed E-state index contributed by atoms with van der Waals surface area (Å²) in [7, 11) is 0. The van der Waals surface area contributed by atoms with E-state index in [0.29, 0.717) is 0 Å². The van der Waals surface area contributed by atoms with Crippen LogP contribution in [-0.2, 0) is 13.1 Å². The predicted octanol–water partition coefficient (Wildman–Crippen LogP) is -0.847. The summed E-state index contributed by atoms with van der Waals surface area (Å²) >= 11 is 0. The second-order valence-electron chi connectivity index (χ2n) is 3.85. The Balaban J connectivity index is 0.00000144. The third kappa shape index (κ3) is 2.16. The molecular weight excluding hydrogens is 325 g/mol. The molecule has 0 atom stereocenters. The second kappa shape index (κ2) is 5.50. The molecule has 4 heteroatoms. The van der Waals surface area contributed by atoms with E-state index in [9.17, 15) is 0 Å². The molecule has 0 bridgehead atoms. The number of nitriles is 1. The van der Waals surface area contributed by atoms with Crippen LogP contribution in [0.5, 0.6) is 0 Å². The van der Waals surface area contributed by atoms with Crippen molar-refractivity contribution < 1.29 is 28.5 Å². The van der Waals surface area contributed by atoms with Crippen LogP contribution in [0.3, 0.4) is 0 Å². The van der Waals surface area contributed by atoms with Crippen molar-refractivity contribution in [3.63, 3.8) is 0 Å². The van der Waals surface area contributed by atoms with E-state index in [-0.39, 0.29) is 24.0 Å². The Kier molecular flexibility index (Phi) is 4.52. The quantitative estimate of drug-likeness (QED) is 0.518. The maximum Gasteiger partial charge on any atom is 0.254 e. The molecule has 0 saturated carbocycles. The van der Waals surface area contributed by atoms with E-state index in [2.05, 4.69) is 36.0 Å². The normalized spacial score (nSPS) is 10.0. The molecule has 0 saturated heterocycles. The van der Waals surface area contributed by atoms with Gasteiger partial charge in [-0.1, -0.05) is 0 Å². The first kappa shape index (κ1) is 14.0. The maximum atomic E-state index is 8.93. The summed E-state index contributed by atoms with van der Waals surface area (Å²) in [6, 6.07) is 8.09. The summed E-state index contributed by atoms with van der Waals surface area (Å²) in [6.07, 6.45) is 0. The molecule has 2 aromatic rings. The highest BCUT2D eigenvalue weighted by Gasteiger charge is 2.19. The van der Waals surface area contributed by atoms with E-state index >= 15 is 0 Å². The Hall–Kier alpha value is -1.09. The molecule has 0 N–H and O–H groups in total. The highest BCUT2D eigenvalue weighted by atomic mass is 127. The lowest BCUT2D eigenvalue weighted by atomic mass is 10.2. The lowest BCUT2D eigenvalue weighted by Crippen LogP contribution is -3.00. The van der Waals surface area contributed by atoms with Gasteiger partial charge < -0.3 is 24.0 Å². The summed E-state index contributed by atoms with van der Waals surface area (Å²) in [5.41, 5.74) is 3.09. The molecule has 1 heterocycles. The van der Waals surface area contributed by atoms with Gasteiger partial charge in [-0.2, -0.15) is 5.26 Å². The van der Waals surface area contributed by atoms with Crippen molar-refractivity contribution in [3.05, 3.63) is 29.6 Å². The molecule has 0 aliphatic carbocycles. The third-order valence-electron chi connectivity index (χ3n) is 3.10. The topological polar surface area (TPSA) is 32.6 Å². The first-order chi connectivity index (χ1) is 7.72. The molecule has 0 aliphatic rings. The fraction of sp³-hybridized carbons (Fsp3) is 0.385. The number of halogens is 1. The molecule has 1 aromatic heterocycles. The van der Waals surface area contributed by atoms with E-state index in [1.165, 1.54) is 11.3 Å². The Labute approximate surface area is 119 Å². The van der Waals surface area contributed by atoms with Crippen LogP contribution in [0.4, 0.5) is 0 Å². The summed E-state index contributed by atoms with van der Waals surface area (Å²) in [5.74, 6) is 1.25. The molecule has 17 heavy (non-hydrogen) atoms. The van der Waals surface area contributed by atoms with Gasteiger partial charge in [-0.25, -0.2) is 9.13 Å². The minimum Gasteiger partial charge on any atom is -1.00 e. The molecule has 90 valence electrons. The van der Waals surface area contributed by atoms with E-state index in [1.54, 1.807) is 0 Å². The number of aromatic nitrogens is 2. The Morgan fingerprint density at radius 1 is 1.35 bits per heavy atom. The number of aryl methyl sites for hydroxylation is 2. The molecule has 0 unspecified atom stereocenters. The summed E-state index contributed by atoms with van der Waals surface area (Å²) in [5, 5.41) is 8.93. The molecule has 0 radical (unpaired) electrons. The molecule has 0 amide bonds. The van der Waals surface area contributed by atoms with Gasteiger partial charge in [0.05, 0.1) is 24.7 Å². The fourth-order valence-electron chi connectivity index (χ4n) is 2.33. The van der Waals surface area contributed by atoms with Crippen LogP contribution >= 0.6 is 0 Å². The molecule has 0 spiro atoms. The van der Waals surface area contributed by atoms with Gasteiger partial charge in [0.25, 0.3) is 5.82 Å². The molecule has 3 nitrogen and oxygen atoms in total.